The Morgan fingerprint density at radius 2 is 2.25 bits per heavy atom. The smallest absolute Gasteiger partial charge is 0.282 e. The van der Waals surface area contributed by atoms with Gasteiger partial charge >= 0.3 is 0 Å². The molecule has 2 aromatic rings. The van der Waals surface area contributed by atoms with Crippen molar-refractivity contribution in [2.75, 3.05) is 11.9 Å². The average molecular weight is 347 g/mol. The van der Waals surface area contributed by atoms with Crippen molar-refractivity contribution < 1.29 is 13.9 Å². The summed E-state index contributed by atoms with van der Waals surface area (Å²) >= 11 is 1.37. The summed E-state index contributed by atoms with van der Waals surface area (Å²) in [6, 6.07) is 6.38. The van der Waals surface area contributed by atoms with Crippen LogP contribution in [0.3, 0.4) is 0 Å². The van der Waals surface area contributed by atoms with E-state index >= 15 is 0 Å². The van der Waals surface area contributed by atoms with E-state index < -0.39 is 11.4 Å². The minimum Gasteiger partial charge on any atom is -0.454 e. The quantitative estimate of drug-likeness (QED) is 0.893. The molecule has 0 fully saturated rings. The molecule has 0 radical (unpaired) electrons. The van der Waals surface area contributed by atoms with Gasteiger partial charge in [-0.25, -0.2) is 9.38 Å². The van der Waals surface area contributed by atoms with Crippen LogP contribution in [0.2, 0.25) is 0 Å². The lowest BCUT2D eigenvalue weighted by Gasteiger charge is -2.33. The van der Waals surface area contributed by atoms with E-state index in [2.05, 4.69) is 10.3 Å². The number of rotatable bonds is 3. The Hall–Kier alpha value is -2.41. The number of carbonyl (C=O) groups excluding carboxylic acids is 1. The van der Waals surface area contributed by atoms with Crippen LogP contribution in [0.25, 0.3) is 0 Å². The molecule has 3 rings (SSSR count). The Labute approximate surface area is 143 Å². The van der Waals surface area contributed by atoms with Crippen LogP contribution in [0.4, 0.5) is 10.1 Å². The highest BCUT2D eigenvalue weighted by Crippen LogP contribution is 2.35. The lowest BCUT2D eigenvalue weighted by atomic mass is 9.90. The van der Waals surface area contributed by atoms with E-state index in [-0.39, 0.29) is 11.9 Å². The van der Waals surface area contributed by atoms with Crippen LogP contribution in [0.5, 0.6) is 0 Å². The van der Waals surface area contributed by atoms with Crippen LogP contribution in [0.1, 0.15) is 34.1 Å². The number of thiophene rings is 1. The molecular formula is C17H18FN3O2S. The minimum atomic E-state index is -0.907. The zero-order valence-corrected chi connectivity index (χ0v) is 14.2. The van der Waals surface area contributed by atoms with Crippen LogP contribution in [0, 0.1) is 12.7 Å². The van der Waals surface area contributed by atoms with E-state index in [1.165, 1.54) is 23.5 Å². The van der Waals surface area contributed by atoms with Gasteiger partial charge in [0.2, 0.25) is 0 Å². The van der Waals surface area contributed by atoms with Crippen molar-refractivity contribution in [3.63, 3.8) is 0 Å². The molecule has 1 aliphatic rings. The summed E-state index contributed by atoms with van der Waals surface area (Å²) in [5, 5.41) is 4.67. The van der Waals surface area contributed by atoms with Gasteiger partial charge in [-0.1, -0.05) is 0 Å². The fourth-order valence-corrected chi connectivity index (χ4v) is 3.50. The third-order valence-electron chi connectivity index (χ3n) is 4.05. The fraction of sp³-hybridized carbons (Fsp3) is 0.294. The summed E-state index contributed by atoms with van der Waals surface area (Å²) in [5.74, 6) is -0.617. The molecule has 0 saturated heterocycles. The Bertz CT molecular complexity index is 818. The normalized spacial score (nSPS) is 20.2. The highest BCUT2D eigenvalue weighted by molar-refractivity contribution is 7.12. The van der Waals surface area contributed by atoms with Crippen LogP contribution in [-0.4, -0.2) is 18.5 Å². The van der Waals surface area contributed by atoms with Crippen LogP contribution >= 0.6 is 11.3 Å². The van der Waals surface area contributed by atoms with Crippen molar-refractivity contribution in [1.29, 1.82) is 0 Å². The summed E-state index contributed by atoms with van der Waals surface area (Å²) in [6.45, 7) is 4.11. The second-order valence-corrected chi connectivity index (χ2v) is 6.80. The Morgan fingerprint density at radius 1 is 1.46 bits per heavy atom. The zero-order valence-electron chi connectivity index (χ0n) is 13.4. The number of nitrogens with one attached hydrogen (secondary N) is 1. The average Bonchev–Trinajstić information content (AvgIpc) is 2.95. The van der Waals surface area contributed by atoms with E-state index in [9.17, 15) is 9.18 Å². The molecule has 7 heteroatoms. The van der Waals surface area contributed by atoms with Gasteiger partial charge in [0.05, 0.1) is 4.88 Å². The summed E-state index contributed by atoms with van der Waals surface area (Å²) in [7, 11) is 0. The highest BCUT2D eigenvalue weighted by atomic mass is 32.1. The third kappa shape index (κ3) is 3.12. The van der Waals surface area contributed by atoms with Gasteiger partial charge in [0.15, 0.2) is 0 Å². The summed E-state index contributed by atoms with van der Waals surface area (Å²) < 4.78 is 19.9. The number of aliphatic imine (C=N–C) groups is 1. The van der Waals surface area contributed by atoms with Gasteiger partial charge in [0, 0.05) is 24.2 Å². The standard InChI is InChI=1S/C17H18FN3O2S/c1-10-5-8-24-14(10)15(22)21-11-3-4-13(18)12(9-11)17(2)6-7-20-16(19)23-17/h3-5,8-9H,6-7H2,1-2H3,(H2,19,20)(H,21,22)/t17-/m0/s1. The largest absolute Gasteiger partial charge is 0.454 e. The maximum atomic E-state index is 14.3. The molecule has 5 nitrogen and oxygen atoms in total. The second kappa shape index (κ2) is 6.24. The van der Waals surface area contributed by atoms with Gasteiger partial charge in [-0.05, 0) is 49.1 Å². The maximum absolute atomic E-state index is 14.3. The summed E-state index contributed by atoms with van der Waals surface area (Å²) in [5.41, 5.74) is 6.49. The number of halogens is 1. The molecule has 0 spiro atoms. The predicted octanol–water partition coefficient (Wildman–Crippen LogP) is 3.40. The van der Waals surface area contributed by atoms with E-state index in [1.54, 1.807) is 13.0 Å². The number of nitrogens with two attached hydrogens (primary N) is 1. The molecule has 1 amide bonds. The van der Waals surface area contributed by atoms with Crippen molar-refractivity contribution in [3.8, 4) is 0 Å². The number of aryl methyl sites for hydroxylation is 1. The molecule has 24 heavy (non-hydrogen) atoms. The van der Waals surface area contributed by atoms with Crippen LogP contribution in [-0.2, 0) is 10.3 Å². The first kappa shape index (κ1) is 16.4. The van der Waals surface area contributed by atoms with Gasteiger partial charge < -0.3 is 15.8 Å². The fourth-order valence-electron chi connectivity index (χ4n) is 2.68. The first-order valence-electron chi connectivity index (χ1n) is 7.53. The Morgan fingerprint density at radius 3 is 2.92 bits per heavy atom. The number of carbonyl (C=O) groups is 1. The number of benzene rings is 1. The Kier molecular flexibility index (Phi) is 4.28. The predicted molar refractivity (Wildman–Crippen MR) is 93.0 cm³/mol. The highest BCUT2D eigenvalue weighted by Gasteiger charge is 2.35. The first-order chi connectivity index (χ1) is 11.4. The monoisotopic (exact) mass is 347 g/mol. The van der Waals surface area contributed by atoms with Crippen molar-refractivity contribution >= 4 is 29.0 Å². The number of hydrogen-bond acceptors (Lipinski definition) is 5. The molecule has 0 saturated carbocycles. The van der Waals surface area contributed by atoms with Gasteiger partial charge in [0.25, 0.3) is 11.9 Å². The van der Waals surface area contributed by atoms with Crippen molar-refractivity contribution in [3.05, 3.63) is 51.5 Å². The van der Waals surface area contributed by atoms with Gasteiger partial charge in [-0.3, -0.25) is 4.79 Å². The topological polar surface area (TPSA) is 76.7 Å². The van der Waals surface area contributed by atoms with Gasteiger partial charge in [-0.2, -0.15) is 0 Å². The van der Waals surface area contributed by atoms with E-state index in [0.29, 0.717) is 29.1 Å². The summed E-state index contributed by atoms with van der Waals surface area (Å²) in [6.07, 6.45) is 0.506. The number of ether oxygens (including phenoxy) is 1. The third-order valence-corrected chi connectivity index (χ3v) is 5.06. The zero-order chi connectivity index (χ0) is 17.3. The lowest BCUT2D eigenvalue weighted by Crippen LogP contribution is -2.38. The molecule has 1 aromatic heterocycles. The SMILES string of the molecule is Cc1ccsc1C(=O)Nc1ccc(F)c([C@]2(C)CCN=C(N)O2)c1. The first-order valence-corrected chi connectivity index (χ1v) is 8.41. The molecule has 1 aromatic carbocycles. The Balaban J connectivity index is 1.88. The molecule has 1 atom stereocenters. The van der Waals surface area contributed by atoms with Crippen molar-refractivity contribution in [1.82, 2.24) is 0 Å². The molecule has 0 bridgehead atoms. The van der Waals surface area contributed by atoms with Crippen LogP contribution < -0.4 is 11.1 Å². The molecule has 2 heterocycles. The van der Waals surface area contributed by atoms with Crippen molar-refractivity contribution in [2.24, 2.45) is 10.7 Å². The van der Waals surface area contributed by atoms with Crippen molar-refractivity contribution in [2.45, 2.75) is 25.9 Å². The second-order valence-electron chi connectivity index (χ2n) is 5.88. The maximum Gasteiger partial charge on any atom is 0.282 e. The lowest BCUT2D eigenvalue weighted by molar-refractivity contribution is 0.0482. The molecule has 126 valence electrons. The molecule has 0 unspecified atom stereocenters. The van der Waals surface area contributed by atoms with E-state index in [4.69, 9.17) is 10.5 Å². The number of anilines is 1. The molecule has 3 N–H and O–H groups in total. The minimum absolute atomic E-state index is 0.0480. The molecule has 1 aliphatic heterocycles. The number of amidine groups is 1. The molecular weight excluding hydrogens is 329 g/mol. The summed E-state index contributed by atoms with van der Waals surface area (Å²) in [4.78, 5) is 16.9. The molecule has 0 aliphatic carbocycles. The van der Waals surface area contributed by atoms with Gasteiger partial charge in [-0.15, -0.1) is 11.3 Å². The number of nitrogens with zero attached hydrogens (tertiary/aromatic N) is 1. The van der Waals surface area contributed by atoms with Gasteiger partial charge in [0.1, 0.15) is 11.4 Å². The van der Waals surface area contributed by atoms with Crippen LogP contribution in [0.15, 0.2) is 34.6 Å². The van der Waals surface area contributed by atoms with E-state index in [1.807, 2.05) is 18.4 Å². The number of amides is 1. The van der Waals surface area contributed by atoms with E-state index in [0.717, 1.165) is 5.56 Å². The number of hydrogen-bond donors (Lipinski definition) is 2.